The molecule has 0 bridgehead atoms. The van der Waals surface area contributed by atoms with Gasteiger partial charge in [0.05, 0.1) is 5.69 Å². The number of hydrogen-bond donors (Lipinski definition) is 0. The summed E-state index contributed by atoms with van der Waals surface area (Å²) < 4.78 is 30.0. The van der Waals surface area contributed by atoms with E-state index in [1.165, 1.54) is 17.0 Å². The van der Waals surface area contributed by atoms with Gasteiger partial charge in [0.25, 0.3) is 0 Å². The molecule has 2 rings (SSSR count). The van der Waals surface area contributed by atoms with Gasteiger partial charge in [0, 0.05) is 28.9 Å². The van der Waals surface area contributed by atoms with Gasteiger partial charge < -0.3 is 9.64 Å². The van der Waals surface area contributed by atoms with Crippen molar-refractivity contribution in [2.24, 2.45) is 11.0 Å². The number of carbonyl (C=O) groups is 1. The number of alkyl halides is 2. The number of anilines is 1. The molecule has 1 aliphatic rings. The lowest BCUT2D eigenvalue weighted by molar-refractivity contribution is -0.117. The minimum absolute atomic E-state index is 0.0721. The molecule has 9 heteroatoms. The molecule has 0 aliphatic carbocycles. The summed E-state index contributed by atoms with van der Waals surface area (Å²) in [6.45, 7) is -2.48. The average Bonchev–Trinajstić information content (AvgIpc) is 2.77. The molecule has 0 spiro atoms. The molecule has 112 valence electrons. The molecule has 0 saturated carbocycles. The third kappa shape index (κ3) is 3.83. The van der Waals surface area contributed by atoms with Gasteiger partial charge in [0.1, 0.15) is 0 Å². The van der Waals surface area contributed by atoms with Gasteiger partial charge in [-0.1, -0.05) is 21.0 Å². The van der Waals surface area contributed by atoms with E-state index in [1.54, 1.807) is 6.07 Å². The molecule has 0 N–H and O–H groups in total. The number of carbonyl (C=O) groups excluding carboxylic acids is 1. The third-order valence-electron chi connectivity index (χ3n) is 3.04. The van der Waals surface area contributed by atoms with E-state index in [0.717, 1.165) is 0 Å². The second-order valence-electron chi connectivity index (χ2n) is 4.48. The molecule has 1 saturated heterocycles. The van der Waals surface area contributed by atoms with E-state index < -0.39 is 6.61 Å². The van der Waals surface area contributed by atoms with Crippen LogP contribution in [0.15, 0.2) is 27.8 Å². The molecule has 1 heterocycles. The Kier molecular flexibility index (Phi) is 4.98. The summed E-state index contributed by atoms with van der Waals surface area (Å²) in [4.78, 5) is 16.0. The molecule has 1 aromatic rings. The lowest BCUT2D eigenvalue weighted by Gasteiger charge is -2.20. The second-order valence-corrected chi connectivity index (χ2v) is 5.39. The maximum absolute atomic E-state index is 12.5. The van der Waals surface area contributed by atoms with Gasteiger partial charge in [-0.05, 0) is 29.6 Å². The fourth-order valence-corrected chi connectivity index (χ4v) is 2.53. The van der Waals surface area contributed by atoms with Gasteiger partial charge in [0.2, 0.25) is 5.91 Å². The molecule has 0 radical (unpaired) electrons. The Morgan fingerprint density at radius 2 is 2.33 bits per heavy atom. The fraction of sp³-hybridized carbons (Fsp3) is 0.417. The van der Waals surface area contributed by atoms with Gasteiger partial charge in [-0.15, -0.1) is 0 Å². The van der Waals surface area contributed by atoms with E-state index >= 15 is 0 Å². The molecule has 6 nitrogen and oxygen atoms in total. The number of hydrogen-bond acceptors (Lipinski definition) is 3. The van der Waals surface area contributed by atoms with Gasteiger partial charge >= 0.3 is 6.61 Å². The Labute approximate surface area is 127 Å². The number of ether oxygens (including phenoxy) is 1. The summed E-state index contributed by atoms with van der Waals surface area (Å²) in [5, 5.41) is 3.44. The number of nitrogens with zero attached hydrogens (tertiary/aromatic N) is 4. The van der Waals surface area contributed by atoms with Crippen molar-refractivity contribution in [1.82, 2.24) is 0 Å². The number of rotatable bonds is 5. The average molecular weight is 361 g/mol. The van der Waals surface area contributed by atoms with Crippen LogP contribution >= 0.6 is 15.9 Å². The molecule has 1 unspecified atom stereocenters. The Morgan fingerprint density at radius 3 is 3.00 bits per heavy atom. The van der Waals surface area contributed by atoms with Crippen molar-refractivity contribution in [3.8, 4) is 5.75 Å². The number of amides is 1. The second kappa shape index (κ2) is 6.73. The largest absolute Gasteiger partial charge is 0.433 e. The van der Waals surface area contributed by atoms with E-state index in [2.05, 4.69) is 30.7 Å². The quantitative estimate of drug-likeness (QED) is 0.455. The van der Waals surface area contributed by atoms with E-state index in [-0.39, 0.29) is 36.2 Å². The SMILES string of the molecule is [N-]=[N+]=NCC1CC(=O)N(c2ccc(Br)cc2OC(F)F)C1. The van der Waals surface area contributed by atoms with E-state index in [9.17, 15) is 13.6 Å². The van der Waals surface area contributed by atoms with Crippen LogP contribution in [0.5, 0.6) is 5.75 Å². The van der Waals surface area contributed by atoms with E-state index in [4.69, 9.17) is 5.53 Å². The van der Waals surface area contributed by atoms with Gasteiger partial charge in [0.15, 0.2) is 5.75 Å². The summed E-state index contributed by atoms with van der Waals surface area (Å²) in [6.07, 6.45) is 0.212. The Hall–Kier alpha value is -1.86. The topological polar surface area (TPSA) is 78.3 Å². The highest BCUT2D eigenvalue weighted by molar-refractivity contribution is 9.10. The molecule has 1 aromatic carbocycles. The first kappa shape index (κ1) is 15.5. The van der Waals surface area contributed by atoms with Crippen LogP contribution < -0.4 is 9.64 Å². The number of azide groups is 1. The third-order valence-corrected chi connectivity index (χ3v) is 3.53. The highest BCUT2D eigenvalue weighted by Gasteiger charge is 2.32. The zero-order chi connectivity index (χ0) is 15.4. The van der Waals surface area contributed by atoms with Crippen molar-refractivity contribution in [3.63, 3.8) is 0 Å². The Morgan fingerprint density at radius 1 is 1.57 bits per heavy atom. The van der Waals surface area contributed by atoms with Crippen LogP contribution in [0, 0.1) is 5.92 Å². The summed E-state index contributed by atoms with van der Waals surface area (Å²) in [5.41, 5.74) is 8.58. The summed E-state index contributed by atoms with van der Waals surface area (Å²) in [7, 11) is 0. The van der Waals surface area contributed by atoms with Crippen molar-refractivity contribution in [2.75, 3.05) is 18.0 Å². The van der Waals surface area contributed by atoms with Crippen LogP contribution in [-0.4, -0.2) is 25.6 Å². The zero-order valence-electron chi connectivity index (χ0n) is 10.7. The maximum atomic E-state index is 12.5. The van der Waals surface area contributed by atoms with Gasteiger partial charge in [-0.3, -0.25) is 4.79 Å². The molecule has 1 fully saturated rings. The van der Waals surface area contributed by atoms with E-state index in [1.807, 2.05) is 0 Å². The predicted octanol–water partition coefficient (Wildman–Crippen LogP) is 3.71. The van der Waals surface area contributed by atoms with Crippen LogP contribution in [0.2, 0.25) is 0 Å². The van der Waals surface area contributed by atoms with Crippen LogP contribution in [0.3, 0.4) is 0 Å². The highest BCUT2D eigenvalue weighted by atomic mass is 79.9. The first-order chi connectivity index (χ1) is 10.0. The van der Waals surface area contributed by atoms with Gasteiger partial charge in [-0.2, -0.15) is 8.78 Å². The minimum Gasteiger partial charge on any atom is -0.433 e. The molecule has 1 amide bonds. The molecule has 0 aromatic heterocycles. The molecule has 21 heavy (non-hydrogen) atoms. The standard InChI is InChI=1S/C12H11BrF2N4O2/c13-8-1-2-9(10(4-8)21-12(14)15)19-6-7(3-11(19)20)5-17-18-16/h1-2,4,7,12H,3,5-6H2. The highest BCUT2D eigenvalue weighted by Crippen LogP contribution is 2.36. The smallest absolute Gasteiger partial charge is 0.387 e. The van der Waals surface area contributed by atoms with E-state index in [0.29, 0.717) is 11.0 Å². The number of halogens is 3. The summed E-state index contributed by atoms with van der Waals surface area (Å²) >= 11 is 3.17. The van der Waals surface area contributed by atoms with Crippen molar-refractivity contribution in [3.05, 3.63) is 33.1 Å². The predicted molar refractivity (Wildman–Crippen MR) is 75.2 cm³/mol. The zero-order valence-corrected chi connectivity index (χ0v) is 12.3. The van der Waals surface area contributed by atoms with Crippen molar-refractivity contribution in [1.29, 1.82) is 0 Å². The first-order valence-corrected chi connectivity index (χ1v) is 6.86. The molecule has 1 atom stereocenters. The maximum Gasteiger partial charge on any atom is 0.387 e. The van der Waals surface area contributed by atoms with Gasteiger partial charge in [-0.25, -0.2) is 0 Å². The Bertz CT molecular complexity index is 593. The molecule has 1 aliphatic heterocycles. The van der Waals surface area contributed by atoms with Crippen molar-refractivity contribution in [2.45, 2.75) is 13.0 Å². The summed E-state index contributed by atoms with van der Waals surface area (Å²) in [5.74, 6) is -0.414. The van der Waals surface area contributed by atoms with Crippen molar-refractivity contribution >= 4 is 27.5 Å². The van der Waals surface area contributed by atoms with Crippen LogP contribution in [0.1, 0.15) is 6.42 Å². The lowest BCUT2D eigenvalue weighted by Crippen LogP contribution is -2.25. The lowest BCUT2D eigenvalue weighted by atomic mass is 10.1. The summed E-state index contributed by atoms with van der Waals surface area (Å²) in [6, 6.07) is 4.56. The molecular weight excluding hydrogens is 350 g/mol. The minimum atomic E-state index is -2.98. The molecular formula is C12H11BrF2N4O2. The van der Waals surface area contributed by atoms with Crippen LogP contribution in [0.25, 0.3) is 10.4 Å². The first-order valence-electron chi connectivity index (χ1n) is 6.07. The number of benzene rings is 1. The Balaban J connectivity index is 2.25. The monoisotopic (exact) mass is 360 g/mol. The fourth-order valence-electron chi connectivity index (χ4n) is 2.19. The van der Waals surface area contributed by atoms with Crippen LogP contribution in [-0.2, 0) is 4.79 Å². The van der Waals surface area contributed by atoms with Crippen molar-refractivity contribution < 1.29 is 18.3 Å². The normalized spacial score (nSPS) is 18.0. The van der Waals surface area contributed by atoms with Crippen LogP contribution in [0.4, 0.5) is 14.5 Å².